The average Bonchev–Trinajstić information content (AvgIpc) is 2.70. The molecule has 0 unspecified atom stereocenters. The standard InChI is InChI=1S/C19H19F6N5O2/c1-11(17(32)28-15-3-2-12(20)6-27-15)29-5-4-18(21,22)13(8-29)14-9-30(10-19(23,24)25)16(31)7-26-14/h2-3,6-7,9,11,13H,4-5,8,10H2,1H3,(H,27,28,32)/t11-,13+/m0/s1. The Bertz CT molecular complexity index is 1020. The predicted molar refractivity (Wildman–Crippen MR) is 101 cm³/mol. The van der Waals surface area contributed by atoms with Crippen LogP contribution in [0.1, 0.15) is 25.0 Å². The van der Waals surface area contributed by atoms with Gasteiger partial charge in [0.2, 0.25) is 5.91 Å². The summed E-state index contributed by atoms with van der Waals surface area (Å²) in [5.74, 6) is -6.04. The second kappa shape index (κ2) is 8.88. The molecule has 1 aliphatic heterocycles. The quantitative estimate of drug-likeness (QED) is 0.690. The van der Waals surface area contributed by atoms with Gasteiger partial charge in [-0.25, -0.2) is 18.2 Å². The van der Waals surface area contributed by atoms with Crippen molar-refractivity contribution in [3.8, 4) is 0 Å². The maximum atomic E-state index is 14.6. The third-order valence-electron chi connectivity index (χ3n) is 5.17. The number of carbonyl (C=O) groups is 1. The number of rotatable bonds is 5. The van der Waals surface area contributed by atoms with Crippen molar-refractivity contribution < 1.29 is 31.1 Å². The van der Waals surface area contributed by atoms with E-state index >= 15 is 0 Å². The van der Waals surface area contributed by atoms with E-state index in [0.717, 1.165) is 12.3 Å². The van der Waals surface area contributed by atoms with Gasteiger partial charge >= 0.3 is 6.18 Å². The fourth-order valence-electron chi connectivity index (χ4n) is 3.39. The molecule has 0 aromatic carbocycles. The molecule has 2 aromatic heterocycles. The molecule has 1 amide bonds. The number of anilines is 1. The maximum absolute atomic E-state index is 14.6. The fourth-order valence-corrected chi connectivity index (χ4v) is 3.39. The Balaban J connectivity index is 1.79. The lowest BCUT2D eigenvalue weighted by Crippen LogP contribution is -2.52. The van der Waals surface area contributed by atoms with E-state index in [1.807, 2.05) is 0 Å². The Morgan fingerprint density at radius 3 is 2.62 bits per heavy atom. The molecule has 0 saturated carbocycles. The van der Waals surface area contributed by atoms with Gasteiger partial charge in [-0.1, -0.05) is 0 Å². The van der Waals surface area contributed by atoms with Crippen molar-refractivity contribution in [2.45, 2.75) is 43.9 Å². The molecule has 0 aliphatic carbocycles. The normalized spacial score (nSPS) is 20.0. The van der Waals surface area contributed by atoms with E-state index in [0.29, 0.717) is 12.4 Å². The Kier molecular flexibility index (Phi) is 6.58. The van der Waals surface area contributed by atoms with Gasteiger partial charge in [-0.3, -0.25) is 19.5 Å². The number of hydrogen-bond acceptors (Lipinski definition) is 5. The highest BCUT2D eigenvalue weighted by Crippen LogP contribution is 2.40. The molecule has 0 radical (unpaired) electrons. The molecule has 7 nitrogen and oxygen atoms in total. The first-order valence-electron chi connectivity index (χ1n) is 9.53. The first-order chi connectivity index (χ1) is 14.9. The lowest BCUT2D eigenvalue weighted by atomic mass is 9.89. The molecule has 3 rings (SSSR count). The maximum Gasteiger partial charge on any atom is 0.406 e. The molecule has 1 N–H and O–H groups in total. The molecule has 1 saturated heterocycles. The van der Waals surface area contributed by atoms with E-state index in [1.54, 1.807) is 0 Å². The molecule has 0 spiro atoms. The highest BCUT2D eigenvalue weighted by Gasteiger charge is 2.47. The first kappa shape index (κ1) is 23.7. The zero-order valence-corrected chi connectivity index (χ0v) is 16.7. The number of aromatic nitrogens is 3. The van der Waals surface area contributed by atoms with Gasteiger partial charge in [-0.15, -0.1) is 0 Å². The molecule has 1 fully saturated rings. The molecular formula is C19H19F6N5O2. The number of piperidine rings is 1. The molecule has 0 bridgehead atoms. The molecular weight excluding hydrogens is 444 g/mol. The molecule has 3 heterocycles. The van der Waals surface area contributed by atoms with Gasteiger partial charge in [0.15, 0.2) is 0 Å². The van der Waals surface area contributed by atoms with Crippen LogP contribution in [0.25, 0.3) is 0 Å². The lowest BCUT2D eigenvalue weighted by Gasteiger charge is -2.40. The van der Waals surface area contributed by atoms with Crippen molar-refractivity contribution in [2.75, 3.05) is 18.4 Å². The number of carbonyl (C=O) groups excluding carboxylic acids is 1. The van der Waals surface area contributed by atoms with Crippen LogP contribution in [0.4, 0.5) is 32.2 Å². The topological polar surface area (TPSA) is 80.1 Å². The molecule has 2 atom stereocenters. The molecule has 174 valence electrons. The van der Waals surface area contributed by atoms with Crippen molar-refractivity contribution in [1.82, 2.24) is 19.4 Å². The van der Waals surface area contributed by atoms with Gasteiger partial charge in [0.25, 0.3) is 11.5 Å². The van der Waals surface area contributed by atoms with Crippen LogP contribution in [-0.4, -0.2) is 56.6 Å². The average molecular weight is 463 g/mol. The molecule has 13 heteroatoms. The van der Waals surface area contributed by atoms with Crippen LogP contribution in [0.5, 0.6) is 0 Å². The SMILES string of the molecule is C[C@@H](C(=O)Nc1ccc(F)cn1)N1CCC(F)(F)[C@@H](c2cn(CC(F)(F)F)c(=O)cn2)C1. The predicted octanol–water partition coefficient (Wildman–Crippen LogP) is 2.79. The van der Waals surface area contributed by atoms with Crippen LogP contribution in [0, 0.1) is 5.82 Å². The summed E-state index contributed by atoms with van der Waals surface area (Å²) in [6, 6.07) is 1.43. The molecule has 1 aliphatic rings. The Morgan fingerprint density at radius 1 is 1.28 bits per heavy atom. The van der Waals surface area contributed by atoms with Gasteiger partial charge in [0.05, 0.1) is 30.0 Å². The van der Waals surface area contributed by atoms with Gasteiger partial charge < -0.3 is 9.88 Å². The monoisotopic (exact) mass is 463 g/mol. The van der Waals surface area contributed by atoms with Crippen LogP contribution in [-0.2, 0) is 11.3 Å². The summed E-state index contributed by atoms with van der Waals surface area (Å²) in [7, 11) is 0. The zero-order chi connectivity index (χ0) is 23.7. The minimum atomic E-state index is -4.72. The second-order valence-corrected chi connectivity index (χ2v) is 7.48. The highest BCUT2D eigenvalue weighted by molar-refractivity contribution is 5.93. The van der Waals surface area contributed by atoms with Gasteiger partial charge in [0, 0.05) is 25.7 Å². The number of hydrogen-bond donors (Lipinski definition) is 1. The van der Waals surface area contributed by atoms with E-state index in [9.17, 15) is 35.9 Å². The smallest absolute Gasteiger partial charge is 0.309 e. The lowest BCUT2D eigenvalue weighted by molar-refractivity contribution is -0.141. The summed E-state index contributed by atoms with van der Waals surface area (Å²) in [5.41, 5.74) is -1.45. The Hall–Kier alpha value is -2.96. The van der Waals surface area contributed by atoms with Gasteiger partial charge in [0.1, 0.15) is 18.2 Å². The number of amides is 1. The summed E-state index contributed by atoms with van der Waals surface area (Å²) in [5, 5.41) is 2.45. The van der Waals surface area contributed by atoms with Crippen molar-refractivity contribution in [3.05, 3.63) is 52.6 Å². The Labute approximate surface area is 178 Å². The molecule has 2 aromatic rings. The number of halogens is 6. The fraction of sp³-hybridized carbons (Fsp3) is 0.474. The van der Waals surface area contributed by atoms with Crippen LogP contribution in [0.2, 0.25) is 0 Å². The summed E-state index contributed by atoms with van der Waals surface area (Å²) in [6.07, 6.45) is -3.22. The van der Waals surface area contributed by atoms with Crippen molar-refractivity contribution in [2.24, 2.45) is 0 Å². The van der Waals surface area contributed by atoms with Gasteiger partial charge in [-0.2, -0.15) is 13.2 Å². The van der Waals surface area contributed by atoms with Gasteiger partial charge in [-0.05, 0) is 19.1 Å². The van der Waals surface area contributed by atoms with Crippen LogP contribution in [0.3, 0.4) is 0 Å². The second-order valence-electron chi connectivity index (χ2n) is 7.48. The number of pyridine rings is 1. The highest BCUT2D eigenvalue weighted by atomic mass is 19.4. The number of nitrogens with zero attached hydrogens (tertiary/aromatic N) is 4. The Morgan fingerprint density at radius 2 is 2.00 bits per heavy atom. The zero-order valence-electron chi connectivity index (χ0n) is 16.7. The van der Waals surface area contributed by atoms with Crippen molar-refractivity contribution >= 4 is 11.7 Å². The first-order valence-corrected chi connectivity index (χ1v) is 9.53. The van der Waals surface area contributed by atoms with Crippen LogP contribution in [0.15, 0.2) is 35.5 Å². The summed E-state index contributed by atoms with van der Waals surface area (Å²) >= 11 is 0. The van der Waals surface area contributed by atoms with Crippen molar-refractivity contribution in [1.29, 1.82) is 0 Å². The van der Waals surface area contributed by atoms with Crippen LogP contribution < -0.4 is 10.9 Å². The number of likely N-dealkylation sites (tertiary alicyclic amines) is 1. The van der Waals surface area contributed by atoms with E-state index < -0.39 is 54.3 Å². The molecule has 32 heavy (non-hydrogen) atoms. The van der Waals surface area contributed by atoms with Crippen LogP contribution >= 0.6 is 0 Å². The minimum Gasteiger partial charge on any atom is -0.309 e. The summed E-state index contributed by atoms with van der Waals surface area (Å²) < 4.78 is 80.6. The van der Waals surface area contributed by atoms with E-state index in [1.165, 1.54) is 17.9 Å². The minimum absolute atomic E-state index is 0.0723. The summed E-state index contributed by atoms with van der Waals surface area (Å²) in [4.78, 5) is 32.9. The van der Waals surface area contributed by atoms with E-state index in [-0.39, 0.29) is 29.2 Å². The largest absolute Gasteiger partial charge is 0.406 e. The van der Waals surface area contributed by atoms with E-state index in [2.05, 4.69) is 15.3 Å². The van der Waals surface area contributed by atoms with Crippen molar-refractivity contribution in [3.63, 3.8) is 0 Å². The summed E-state index contributed by atoms with van der Waals surface area (Å²) in [6.45, 7) is -0.697. The third kappa shape index (κ3) is 5.64. The third-order valence-corrected chi connectivity index (χ3v) is 5.17. The van der Waals surface area contributed by atoms with E-state index in [4.69, 9.17) is 0 Å². The number of nitrogens with one attached hydrogen (secondary N) is 1. The number of alkyl halides is 5.